The number of para-hydroxylation sites is 1. The highest BCUT2D eigenvalue weighted by atomic mass is 79.9. The van der Waals surface area contributed by atoms with Crippen LogP contribution in [0.1, 0.15) is 33.1 Å². The third-order valence-corrected chi connectivity index (χ3v) is 3.44. The number of amides is 1. The van der Waals surface area contributed by atoms with Gasteiger partial charge in [0.25, 0.3) is 0 Å². The molecule has 3 nitrogen and oxygen atoms in total. The molecule has 0 radical (unpaired) electrons. The van der Waals surface area contributed by atoms with E-state index in [1.807, 2.05) is 24.3 Å². The number of halogens is 1. The van der Waals surface area contributed by atoms with Gasteiger partial charge in [0.05, 0.1) is 12.2 Å². The highest BCUT2D eigenvalue weighted by molar-refractivity contribution is 9.10. The lowest BCUT2D eigenvalue weighted by Gasteiger charge is -2.13. The fraction of sp³-hybridized carbons (Fsp3) is 0.500. The van der Waals surface area contributed by atoms with Crippen LogP contribution in [0.3, 0.4) is 0 Å². The molecule has 0 saturated heterocycles. The van der Waals surface area contributed by atoms with E-state index in [9.17, 15) is 4.79 Å². The van der Waals surface area contributed by atoms with Crippen molar-refractivity contribution in [1.29, 1.82) is 0 Å². The molecule has 1 amide bonds. The minimum atomic E-state index is -0.00903. The van der Waals surface area contributed by atoms with E-state index < -0.39 is 0 Å². The lowest BCUT2D eigenvalue weighted by molar-refractivity contribution is -0.115. The van der Waals surface area contributed by atoms with Crippen molar-refractivity contribution in [2.24, 2.45) is 0 Å². The van der Waals surface area contributed by atoms with Crippen molar-refractivity contribution in [2.45, 2.75) is 39.2 Å². The summed E-state index contributed by atoms with van der Waals surface area (Å²) in [5, 5.41) is 6.10. The summed E-state index contributed by atoms with van der Waals surface area (Å²) >= 11 is 3.40. The Morgan fingerprint density at radius 1 is 1.39 bits per heavy atom. The van der Waals surface area contributed by atoms with Crippen molar-refractivity contribution < 1.29 is 4.79 Å². The molecular weight excluding hydrogens is 292 g/mol. The number of hydrogen-bond acceptors (Lipinski definition) is 2. The molecule has 0 aliphatic rings. The molecular formula is C14H21BrN2O. The summed E-state index contributed by atoms with van der Waals surface area (Å²) < 4.78 is 0.900. The normalized spacial score (nSPS) is 12.2. The summed E-state index contributed by atoms with van der Waals surface area (Å²) in [7, 11) is 0. The molecule has 0 spiro atoms. The van der Waals surface area contributed by atoms with Gasteiger partial charge in [-0.1, -0.05) is 31.9 Å². The van der Waals surface area contributed by atoms with Gasteiger partial charge in [-0.2, -0.15) is 0 Å². The van der Waals surface area contributed by atoms with E-state index in [-0.39, 0.29) is 5.91 Å². The maximum absolute atomic E-state index is 11.7. The van der Waals surface area contributed by atoms with Gasteiger partial charge < -0.3 is 10.6 Å². The highest BCUT2D eigenvalue weighted by Crippen LogP contribution is 2.20. The Morgan fingerprint density at radius 3 is 2.78 bits per heavy atom. The molecule has 1 unspecified atom stereocenters. The van der Waals surface area contributed by atoms with E-state index in [4.69, 9.17) is 0 Å². The Hall–Kier alpha value is -0.870. The largest absolute Gasteiger partial charge is 0.324 e. The van der Waals surface area contributed by atoms with E-state index in [0.29, 0.717) is 12.6 Å². The lowest BCUT2D eigenvalue weighted by Crippen LogP contribution is -2.34. The van der Waals surface area contributed by atoms with Gasteiger partial charge in [0, 0.05) is 10.5 Å². The van der Waals surface area contributed by atoms with Crippen molar-refractivity contribution in [3.8, 4) is 0 Å². The van der Waals surface area contributed by atoms with Crippen LogP contribution < -0.4 is 10.6 Å². The average Bonchev–Trinajstić information content (AvgIpc) is 2.36. The first-order valence-corrected chi connectivity index (χ1v) is 7.20. The summed E-state index contributed by atoms with van der Waals surface area (Å²) in [6.07, 6.45) is 3.49. The van der Waals surface area contributed by atoms with Gasteiger partial charge in [0.15, 0.2) is 0 Å². The number of carbonyl (C=O) groups excluding carboxylic acids is 1. The van der Waals surface area contributed by atoms with E-state index in [1.54, 1.807) is 0 Å². The molecule has 18 heavy (non-hydrogen) atoms. The zero-order valence-corrected chi connectivity index (χ0v) is 12.6. The van der Waals surface area contributed by atoms with Gasteiger partial charge in [-0.15, -0.1) is 0 Å². The highest BCUT2D eigenvalue weighted by Gasteiger charge is 2.07. The average molecular weight is 313 g/mol. The molecule has 0 fully saturated rings. The van der Waals surface area contributed by atoms with Crippen LogP contribution in [0.15, 0.2) is 28.7 Å². The summed E-state index contributed by atoms with van der Waals surface area (Å²) in [5.41, 5.74) is 0.811. The van der Waals surface area contributed by atoms with Crippen LogP contribution in [0.25, 0.3) is 0 Å². The van der Waals surface area contributed by atoms with Crippen LogP contribution in [0.2, 0.25) is 0 Å². The van der Waals surface area contributed by atoms with Crippen LogP contribution in [0.4, 0.5) is 5.69 Å². The van der Waals surface area contributed by atoms with Crippen LogP contribution in [-0.4, -0.2) is 18.5 Å². The van der Waals surface area contributed by atoms with Crippen molar-refractivity contribution >= 4 is 27.5 Å². The summed E-state index contributed by atoms with van der Waals surface area (Å²) in [5.74, 6) is -0.00903. The number of hydrogen-bond donors (Lipinski definition) is 2. The number of nitrogens with one attached hydrogen (secondary N) is 2. The van der Waals surface area contributed by atoms with Gasteiger partial charge in [0.1, 0.15) is 0 Å². The molecule has 1 atom stereocenters. The summed E-state index contributed by atoms with van der Waals surface area (Å²) in [6.45, 7) is 4.64. The van der Waals surface area contributed by atoms with Gasteiger partial charge in [0.2, 0.25) is 5.91 Å². The molecule has 0 bridgehead atoms. The second-order valence-corrected chi connectivity index (χ2v) is 5.31. The van der Waals surface area contributed by atoms with Crippen molar-refractivity contribution in [3.63, 3.8) is 0 Å². The topological polar surface area (TPSA) is 41.1 Å². The standard InChI is InChI=1S/C14H21BrN2O/c1-3-4-7-11(2)16-10-14(18)17-13-9-6-5-8-12(13)15/h5-6,8-9,11,16H,3-4,7,10H2,1-2H3,(H,17,18). The third kappa shape index (κ3) is 5.65. The molecule has 1 aromatic carbocycles. The fourth-order valence-corrected chi connectivity index (χ4v) is 2.02. The van der Waals surface area contributed by atoms with E-state index in [0.717, 1.165) is 16.6 Å². The van der Waals surface area contributed by atoms with Gasteiger partial charge in [-0.3, -0.25) is 4.79 Å². The molecule has 1 aromatic rings. The maximum Gasteiger partial charge on any atom is 0.238 e. The zero-order chi connectivity index (χ0) is 13.4. The predicted molar refractivity (Wildman–Crippen MR) is 79.8 cm³/mol. The summed E-state index contributed by atoms with van der Waals surface area (Å²) in [4.78, 5) is 11.7. The van der Waals surface area contributed by atoms with Crippen molar-refractivity contribution in [2.75, 3.05) is 11.9 Å². The van der Waals surface area contributed by atoms with Crippen LogP contribution >= 0.6 is 15.9 Å². The molecule has 0 aromatic heterocycles. The first-order chi connectivity index (χ1) is 8.63. The summed E-state index contributed by atoms with van der Waals surface area (Å²) in [6, 6.07) is 7.99. The van der Waals surface area contributed by atoms with Crippen LogP contribution in [0, 0.1) is 0 Å². The lowest BCUT2D eigenvalue weighted by atomic mass is 10.1. The Labute approximate surface area is 117 Å². The SMILES string of the molecule is CCCCC(C)NCC(=O)Nc1ccccc1Br. The van der Waals surface area contributed by atoms with E-state index in [1.165, 1.54) is 12.8 Å². The molecule has 0 saturated carbocycles. The second-order valence-electron chi connectivity index (χ2n) is 4.45. The molecule has 2 N–H and O–H groups in total. The van der Waals surface area contributed by atoms with Gasteiger partial charge in [-0.05, 0) is 41.4 Å². The first-order valence-electron chi connectivity index (χ1n) is 6.41. The molecule has 0 aliphatic carbocycles. The Morgan fingerprint density at radius 2 is 2.11 bits per heavy atom. The second kappa shape index (κ2) is 8.27. The number of unbranched alkanes of at least 4 members (excludes halogenated alkanes) is 1. The number of rotatable bonds is 7. The number of anilines is 1. The smallest absolute Gasteiger partial charge is 0.238 e. The zero-order valence-electron chi connectivity index (χ0n) is 11.0. The van der Waals surface area contributed by atoms with Crippen molar-refractivity contribution in [1.82, 2.24) is 5.32 Å². The van der Waals surface area contributed by atoms with Crippen LogP contribution in [0.5, 0.6) is 0 Å². The Kier molecular flexibility index (Phi) is 6.98. The molecule has 100 valence electrons. The molecule has 0 heterocycles. The minimum absolute atomic E-state index is 0.00903. The molecule has 0 aliphatic heterocycles. The first kappa shape index (κ1) is 15.2. The quantitative estimate of drug-likeness (QED) is 0.808. The molecule has 4 heteroatoms. The predicted octanol–water partition coefficient (Wildman–Crippen LogP) is 3.56. The van der Waals surface area contributed by atoms with E-state index in [2.05, 4.69) is 40.4 Å². The number of benzene rings is 1. The third-order valence-electron chi connectivity index (χ3n) is 2.75. The van der Waals surface area contributed by atoms with Crippen LogP contribution in [-0.2, 0) is 4.79 Å². The Bertz CT molecular complexity index is 382. The van der Waals surface area contributed by atoms with Gasteiger partial charge in [-0.25, -0.2) is 0 Å². The van der Waals surface area contributed by atoms with E-state index >= 15 is 0 Å². The molecule has 1 rings (SSSR count). The van der Waals surface area contributed by atoms with Gasteiger partial charge >= 0.3 is 0 Å². The maximum atomic E-state index is 11.7. The van der Waals surface area contributed by atoms with Crippen molar-refractivity contribution in [3.05, 3.63) is 28.7 Å². The number of carbonyl (C=O) groups is 1. The fourth-order valence-electron chi connectivity index (χ4n) is 1.64. The Balaban J connectivity index is 2.32. The monoisotopic (exact) mass is 312 g/mol. The minimum Gasteiger partial charge on any atom is -0.324 e.